The van der Waals surface area contributed by atoms with Crippen LogP contribution < -0.4 is 16.4 Å². The molecule has 5 nitrogen and oxygen atoms in total. The first-order valence-electron chi connectivity index (χ1n) is 5.91. The fourth-order valence-corrected chi connectivity index (χ4v) is 3.38. The second-order valence-electron chi connectivity index (χ2n) is 4.69. The van der Waals surface area contributed by atoms with Gasteiger partial charge in [-0.1, -0.05) is 6.92 Å². The molecule has 1 aliphatic rings. The summed E-state index contributed by atoms with van der Waals surface area (Å²) in [6.45, 7) is 3.98. The molecule has 0 radical (unpaired) electrons. The molecule has 0 aromatic carbocycles. The summed E-state index contributed by atoms with van der Waals surface area (Å²) in [5.74, 6) is 0.0240. The van der Waals surface area contributed by atoms with Crippen LogP contribution in [0.4, 0.5) is 10.7 Å². The molecule has 1 aromatic heterocycles. The van der Waals surface area contributed by atoms with Gasteiger partial charge in [0, 0.05) is 13.1 Å². The third-order valence-electron chi connectivity index (χ3n) is 3.21. The minimum absolute atomic E-state index is 0.225. The topological polar surface area (TPSA) is 96.1 Å². The molecule has 4 N–H and O–H groups in total. The first kappa shape index (κ1) is 12.7. The summed E-state index contributed by atoms with van der Waals surface area (Å²) in [5, 5.41) is 9.98. The van der Waals surface area contributed by atoms with Crippen LogP contribution in [0.2, 0.25) is 0 Å². The van der Waals surface area contributed by atoms with E-state index in [2.05, 4.69) is 17.9 Å². The van der Waals surface area contributed by atoms with E-state index in [0.29, 0.717) is 16.4 Å². The van der Waals surface area contributed by atoms with E-state index in [-0.39, 0.29) is 5.69 Å². The van der Waals surface area contributed by atoms with Gasteiger partial charge in [-0.05, 0) is 18.8 Å². The average Bonchev–Trinajstić information content (AvgIpc) is 2.66. The molecule has 6 heteroatoms. The average molecular weight is 264 g/mol. The first-order chi connectivity index (χ1) is 8.54. The predicted molar refractivity (Wildman–Crippen MR) is 72.6 cm³/mol. The number of thiophene rings is 1. The molecular weight excluding hydrogens is 248 g/mol. The Hall–Kier alpha value is -1.74. The maximum atomic E-state index is 11.3. The molecule has 0 saturated carbocycles. The van der Waals surface area contributed by atoms with Crippen molar-refractivity contribution < 1.29 is 4.79 Å². The van der Waals surface area contributed by atoms with E-state index >= 15 is 0 Å². The van der Waals surface area contributed by atoms with Gasteiger partial charge in [0.1, 0.15) is 21.5 Å². The molecule has 1 atom stereocenters. The van der Waals surface area contributed by atoms with E-state index in [1.54, 1.807) is 0 Å². The zero-order chi connectivity index (χ0) is 13.3. The molecule has 96 valence electrons. The zero-order valence-electron chi connectivity index (χ0n) is 10.3. The van der Waals surface area contributed by atoms with Crippen LogP contribution in [0.1, 0.15) is 35.0 Å². The van der Waals surface area contributed by atoms with Crippen LogP contribution in [0.3, 0.4) is 0 Å². The van der Waals surface area contributed by atoms with Crippen molar-refractivity contribution in [2.45, 2.75) is 19.8 Å². The van der Waals surface area contributed by atoms with E-state index < -0.39 is 5.91 Å². The van der Waals surface area contributed by atoms with Crippen molar-refractivity contribution >= 4 is 27.9 Å². The van der Waals surface area contributed by atoms with Gasteiger partial charge in [-0.25, -0.2) is 0 Å². The summed E-state index contributed by atoms with van der Waals surface area (Å²) in [5.41, 5.74) is 11.7. The van der Waals surface area contributed by atoms with Gasteiger partial charge in [-0.2, -0.15) is 5.26 Å². The lowest BCUT2D eigenvalue weighted by molar-refractivity contribution is 0.100. The summed E-state index contributed by atoms with van der Waals surface area (Å²) < 4.78 is 0. The Morgan fingerprint density at radius 1 is 1.61 bits per heavy atom. The minimum Gasteiger partial charge on any atom is -0.396 e. The van der Waals surface area contributed by atoms with Crippen LogP contribution in [0.5, 0.6) is 0 Å². The molecule has 2 rings (SSSR count). The Balaban J connectivity index is 2.41. The highest BCUT2D eigenvalue weighted by atomic mass is 32.1. The third kappa shape index (κ3) is 2.14. The minimum atomic E-state index is -0.565. The molecule has 1 aromatic rings. The van der Waals surface area contributed by atoms with Crippen LogP contribution in [-0.2, 0) is 0 Å². The number of piperidine rings is 1. The molecule has 1 saturated heterocycles. The molecule has 0 spiro atoms. The van der Waals surface area contributed by atoms with Crippen LogP contribution in [-0.4, -0.2) is 19.0 Å². The monoisotopic (exact) mass is 264 g/mol. The number of rotatable bonds is 2. The van der Waals surface area contributed by atoms with Gasteiger partial charge in [0.05, 0.1) is 5.69 Å². The molecule has 0 bridgehead atoms. The number of anilines is 2. The summed E-state index contributed by atoms with van der Waals surface area (Å²) in [6, 6.07) is 2.09. The second kappa shape index (κ2) is 4.86. The second-order valence-corrected chi connectivity index (χ2v) is 5.69. The van der Waals surface area contributed by atoms with E-state index in [1.807, 2.05) is 0 Å². The van der Waals surface area contributed by atoms with Crippen molar-refractivity contribution in [1.29, 1.82) is 5.26 Å². The van der Waals surface area contributed by atoms with Gasteiger partial charge in [-0.3, -0.25) is 4.79 Å². The van der Waals surface area contributed by atoms with E-state index in [0.717, 1.165) is 24.5 Å². The molecule has 1 aliphatic heterocycles. The molecule has 2 heterocycles. The van der Waals surface area contributed by atoms with Gasteiger partial charge in [0.15, 0.2) is 0 Å². The highest BCUT2D eigenvalue weighted by molar-refractivity contribution is 7.19. The predicted octanol–water partition coefficient (Wildman–Crippen LogP) is 1.54. The lowest BCUT2D eigenvalue weighted by Gasteiger charge is -2.31. The van der Waals surface area contributed by atoms with Gasteiger partial charge in [0.2, 0.25) is 0 Å². The standard InChI is InChI=1S/C12H16N4OS/c1-7-3-2-4-16(6-7)12-8(5-13)9(14)10(18-12)11(15)17/h7H,2-4,6,14H2,1H3,(H2,15,17). The highest BCUT2D eigenvalue weighted by Crippen LogP contribution is 2.39. The molecule has 1 fully saturated rings. The lowest BCUT2D eigenvalue weighted by Crippen LogP contribution is -2.34. The van der Waals surface area contributed by atoms with E-state index in [1.165, 1.54) is 17.8 Å². The fraction of sp³-hybridized carbons (Fsp3) is 0.500. The molecule has 1 amide bonds. The normalized spacial score (nSPS) is 19.6. The number of carbonyl (C=O) groups excluding carboxylic acids is 1. The number of hydrogen-bond donors (Lipinski definition) is 2. The lowest BCUT2D eigenvalue weighted by atomic mass is 10.0. The van der Waals surface area contributed by atoms with Crippen molar-refractivity contribution in [2.75, 3.05) is 23.7 Å². The van der Waals surface area contributed by atoms with E-state index in [4.69, 9.17) is 11.5 Å². The SMILES string of the molecule is CC1CCCN(c2sc(C(N)=O)c(N)c2C#N)C1. The zero-order valence-corrected chi connectivity index (χ0v) is 11.1. The summed E-state index contributed by atoms with van der Waals surface area (Å²) >= 11 is 1.23. The van der Waals surface area contributed by atoms with Gasteiger partial charge in [0.25, 0.3) is 5.91 Å². The van der Waals surface area contributed by atoms with Crippen LogP contribution in [0, 0.1) is 17.2 Å². The number of nitrogen functional groups attached to an aromatic ring is 1. The molecular formula is C12H16N4OS. The van der Waals surface area contributed by atoms with Gasteiger partial charge >= 0.3 is 0 Å². The van der Waals surface area contributed by atoms with E-state index in [9.17, 15) is 10.1 Å². The number of carbonyl (C=O) groups is 1. The maximum absolute atomic E-state index is 11.3. The fourth-order valence-electron chi connectivity index (χ4n) is 2.32. The van der Waals surface area contributed by atoms with Crippen molar-refractivity contribution in [3.63, 3.8) is 0 Å². The number of primary amides is 1. The first-order valence-corrected chi connectivity index (χ1v) is 6.73. The van der Waals surface area contributed by atoms with Crippen LogP contribution in [0.25, 0.3) is 0 Å². The number of hydrogen-bond acceptors (Lipinski definition) is 5. The van der Waals surface area contributed by atoms with Crippen molar-refractivity contribution in [2.24, 2.45) is 11.7 Å². The maximum Gasteiger partial charge on any atom is 0.261 e. The number of nitrogens with two attached hydrogens (primary N) is 2. The van der Waals surface area contributed by atoms with Crippen LogP contribution in [0.15, 0.2) is 0 Å². The Morgan fingerprint density at radius 2 is 2.33 bits per heavy atom. The molecule has 18 heavy (non-hydrogen) atoms. The van der Waals surface area contributed by atoms with Crippen LogP contribution >= 0.6 is 11.3 Å². The van der Waals surface area contributed by atoms with Gasteiger partial charge in [-0.15, -0.1) is 11.3 Å². The molecule has 0 aliphatic carbocycles. The molecule has 1 unspecified atom stereocenters. The Labute approximate surface area is 110 Å². The van der Waals surface area contributed by atoms with Crippen molar-refractivity contribution in [3.8, 4) is 6.07 Å². The summed E-state index contributed by atoms with van der Waals surface area (Å²) in [6.07, 6.45) is 2.29. The number of nitriles is 1. The number of amides is 1. The smallest absolute Gasteiger partial charge is 0.261 e. The van der Waals surface area contributed by atoms with Crippen molar-refractivity contribution in [3.05, 3.63) is 10.4 Å². The van der Waals surface area contributed by atoms with Crippen molar-refractivity contribution in [1.82, 2.24) is 0 Å². The Morgan fingerprint density at radius 3 is 2.89 bits per heavy atom. The Bertz CT molecular complexity index is 517. The largest absolute Gasteiger partial charge is 0.396 e. The third-order valence-corrected chi connectivity index (χ3v) is 4.49. The number of nitrogens with zero attached hydrogens (tertiary/aromatic N) is 2. The van der Waals surface area contributed by atoms with Gasteiger partial charge < -0.3 is 16.4 Å². The quantitative estimate of drug-likeness (QED) is 0.846. The Kier molecular flexibility index (Phi) is 3.43. The highest BCUT2D eigenvalue weighted by Gasteiger charge is 2.25. The summed E-state index contributed by atoms with van der Waals surface area (Å²) in [7, 11) is 0. The summed E-state index contributed by atoms with van der Waals surface area (Å²) in [4.78, 5) is 13.7.